The molecule has 364 valence electrons. The maximum absolute atomic E-state index is 14.8. The fourth-order valence-corrected chi connectivity index (χ4v) is 11.7. The van der Waals surface area contributed by atoms with Gasteiger partial charge in [-0.25, -0.2) is 9.59 Å². The highest BCUT2D eigenvalue weighted by atomic mass is 35.5. The molecule has 15 nitrogen and oxygen atoms in total. The molecule has 4 aromatic carbocycles. The molecule has 3 N–H and O–H groups in total. The average molecular weight is 955 g/mol. The van der Waals surface area contributed by atoms with Crippen molar-refractivity contribution in [3.8, 4) is 11.5 Å². The Morgan fingerprint density at radius 2 is 0.926 bits per heavy atom. The van der Waals surface area contributed by atoms with Gasteiger partial charge in [-0.05, 0) is 125 Å². The number of carbonyl (C=O) groups excluding carboxylic acids is 6. The fraction of sp³-hybridized carbons (Fsp3) is 0.500. The van der Waals surface area contributed by atoms with Gasteiger partial charge < -0.3 is 39.4 Å². The minimum absolute atomic E-state index is 0. The maximum Gasteiger partial charge on any atom is 0.342 e. The van der Waals surface area contributed by atoms with E-state index in [1.165, 1.54) is 14.2 Å². The van der Waals surface area contributed by atoms with Gasteiger partial charge in [0.2, 0.25) is 23.6 Å². The second-order valence-corrected chi connectivity index (χ2v) is 19.3. The zero-order chi connectivity index (χ0) is 47.5. The van der Waals surface area contributed by atoms with E-state index in [2.05, 4.69) is 16.0 Å². The Morgan fingerprint density at radius 3 is 1.31 bits per heavy atom. The van der Waals surface area contributed by atoms with Gasteiger partial charge in [0, 0.05) is 24.9 Å². The van der Waals surface area contributed by atoms with Gasteiger partial charge in [0.15, 0.2) is 0 Å². The molecule has 8 rings (SSSR count). The number of halogens is 1. The third-order valence-electron chi connectivity index (χ3n) is 14.7. The molecule has 0 aromatic heterocycles. The number of esters is 2. The van der Waals surface area contributed by atoms with Gasteiger partial charge in [-0.15, -0.1) is 12.4 Å². The van der Waals surface area contributed by atoms with Crippen molar-refractivity contribution in [3.05, 3.63) is 83.9 Å². The summed E-state index contributed by atoms with van der Waals surface area (Å²) in [6.45, 7) is 2.31. The summed E-state index contributed by atoms with van der Waals surface area (Å²) < 4.78 is 23.7. The summed E-state index contributed by atoms with van der Waals surface area (Å²) in [5, 5.41) is 11.7. The first-order chi connectivity index (χ1) is 32.3. The van der Waals surface area contributed by atoms with Crippen molar-refractivity contribution < 1.29 is 47.7 Å². The molecule has 0 heterocycles. The van der Waals surface area contributed by atoms with Crippen LogP contribution in [0, 0.1) is 47.3 Å². The SMILES string of the molecule is COc1ccc2ccccc2c1C(=O)OC1CC2CC1C(C(=O)NC(=O)C1C3CC(CC3OC(=O)c3c(OC)ccc4ccccc34)C1C(=O)NCCCN(C)C)C2C(=O)NCCCN(C)C.Cl. The largest absolute Gasteiger partial charge is 0.496 e. The lowest BCUT2D eigenvalue weighted by molar-refractivity contribution is -0.147. The normalized spacial score (nSPS) is 25.5. The lowest BCUT2D eigenvalue weighted by atomic mass is 9.75. The Kier molecular flexibility index (Phi) is 16.0. The monoisotopic (exact) mass is 953 g/mol. The van der Waals surface area contributed by atoms with E-state index in [4.69, 9.17) is 18.9 Å². The quantitative estimate of drug-likeness (QED) is 0.0648. The number of methoxy groups -OCH3 is 2. The second-order valence-electron chi connectivity index (χ2n) is 19.3. The van der Waals surface area contributed by atoms with E-state index in [-0.39, 0.29) is 47.2 Å². The van der Waals surface area contributed by atoms with Gasteiger partial charge in [-0.2, -0.15) is 0 Å². The number of hydrogen-bond donors (Lipinski definition) is 3. The molecule has 4 bridgehead atoms. The molecular formula is C52H64ClN5O10. The Labute approximate surface area is 403 Å². The number of fused-ring (bicyclic) bond motifs is 6. The third-order valence-corrected chi connectivity index (χ3v) is 14.7. The highest BCUT2D eigenvalue weighted by Gasteiger charge is 2.62. The second kappa shape index (κ2) is 21.7. The molecule has 68 heavy (non-hydrogen) atoms. The van der Waals surface area contributed by atoms with Crippen molar-refractivity contribution in [1.82, 2.24) is 25.8 Å². The lowest BCUT2D eigenvalue weighted by Gasteiger charge is -2.36. The Bertz CT molecular complexity index is 2360. The first-order valence-electron chi connectivity index (χ1n) is 23.5. The number of hydrogen-bond acceptors (Lipinski definition) is 12. The molecule has 0 spiro atoms. The van der Waals surface area contributed by atoms with Crippen LogP contribution in [0.5, 0.6) is 11.5 Å². The van der Waals surface area contributed by atoms with Crippen LogP contribution in [0.4, 0.5) is 0 Å². The van der Waals surface area contributed by atoms with Gasteiger partial charge in [0.25, 0.3) is 0 Å². The predicted octanol–water partition coefficient (Wildman–Crippen LogP) is 5.51. The summed E-state index contributed by atoms with van der Waals surface area (Å²) in [4.78, 5) is 90.1. The predicted molar refractivity (Wildman–Crippen MR) is 259 cm³/mol. The fourth-order valence-electron chi connectivity index (χ4n) is 11.7. The van der Waals surface area contributed by atoms with Crippen LogP contribution in [-0.4, -0.2) is 126 Å². The van der Waals surface area contributed by atoms with E-state index in [1.54, 1.807) is 12.1 Å². The van der Waals surface area contributed by atoms with Crippen molar-refractivity contribution in [2.45, 2.75) is 50.7 Å². The van der Waals surface area contributed by atoms with E-state index in [0.717, 1.165) is 23.9 Å². The van der Waals surface area contributed by atoms with Crippen molar-refractivity contribution in [2.75, 3.05) is 68.6 Å². The zero-order valence-electron chi connectivity index (χ0n) is 39.7. The molecule has 0 aliphatic heterocycles. The first kappa shape index (κ1) is 50.1. The Balaban J connectivity index is 0.00000684. The van der Waals surface area contributed by atoms with Crippen molar-refractivity contribution >= 4 is 69.5 Å². The molecule has 4 amide bonds. The van der Waals surface area contributed by atoms with Crippen molar-refractivity contribution in [2.24, 2.45) is 47.3 Å². The molecule has 10 unspecified atom stereocenters. The average Bonchev–Trinajstić information content (AvgIpc) is 4.11. The van der Waals surface area contributed by atoms with E-state index in [0.29, 0.717) is 73.9 Å². The number of nitrogens with zero attached hydrogens (tertiary/aromatic N) is 2. The number of rotatable bonds is 18. The molecule has 16 heteroatoms. The summed E-state index contributed by atoms with van der Waals surface area (Å²) in [5.41, 5.74) is 0.539. The number of amides is 4. The number of imide groups is 1. The van der Waals surface area contributed by atoms with Crippen LogP contribution in [0.3, 0.4) is 0 Å². The van der Waals surface area contributed by atoms with Crippen LogP contribution in [-0.2, 0) is 28.7 Å². The molecule has 4 aliphatic rings. The summed E-state index contributed by atoms with van der Waals surface area (Å²) in [6, 6.07) is 22.0. The number of carbonyl (C=O) groups is 6. The minimum Gasteiger partial charge on any atom is -0.496 e. The molecule has 4 fully saturated rings. The highest BCUT2D eigenvalue weighted by Crippen LogP contribution is 2.56. The summed E-state index contributed by atoms with van der Waals surface area (Å²) in [6.07, 6.45) is 1.57. The lowest BCUT2D eigenvalue weighted by Crippen LogP contribution is -2.53. The number of nitrogens with one attached hydrogen (secondary N) is 3. The summed E-state index contributed by atoms with van der Waals surface area (Å²) in [7, 11) is 10.8. The molecular weight excluding hydrogens is 890 g/mol. The van der Waals surface area contributed by atoms with Gasteiger partial charge in [0.05, 0.1) is 37.9 Å². The van der Waals surface area contributed by atoms with Crippen molar-refractivity contribution in [3.63, 3.8) is 0 Å². The van der Waals surface area contributed by atoms with Crippen LogP contribution < -0.4 is 25.4 Å². The molecule has 10 atom stereocenters. The smallest absolute Gasteiger partial charge is 0.342 e. The van der Waals surface area contributed by atoms with Crippen LogP contribution in [0.15, 0.2) is 72.8 Å². The number of ether oxygens (including phenoxy) is 4. The van der Waals surface area contributed by atoms with E-state index in [1.807, 2.05) is 98.7 Å². The molecule has 0 saturated heterocycles. The van der Waals surface area contributed by atoms with Gasteiger partial charge in [-0.1, -0.05) is 60.7 Å². The minimum atomic E-state index is -1.01. The van der Waals surface area contributed by atoms with Crippen LogP contribution in [0.2, 0.25) is 0 Å². The molecule has 4 saturated carbocycles. The van der Waals surface area contributed by atoms with Crippen LogP contribution in [0.1, 0.15) is 59.2 Å². The number of benzene rings is 4. The molecule has 0 radical (unpaired) electrons. The standard InChI is InChI=1S/C52H63N5O10.ClH/c1-56(2)23-11-21-53-47(58)41-31-25-35(39(27-31)66-51(62)43-33-15-9-7-13-29(33)17-19-37(43)64-5)45(41)49(60)55-50(61)46-36-26-32(42(46)48(59)54-22-12-24-57(3)4)28-40(36)67-52(63)44-34-16-10-8-14-30(34)18-20-38(44)65-6;/h7-10,13-20,31-32,35-36,39-42,45-46H,11-12,21-28H2,1-6H3,(H,53,58)(H,54,59)(H,55,60,61);1H. The van der Waals surface area contributed by atoms with E-state index < -0.39 is 71.5 Å². The van der Waals surface area contributed by atoms with Crippen LogP contribution >= 0.6 is 12.4 Å². The first-order valence-corrected chi connectivity index (χ1v) is 23.5. The summed E-state index contributed by atoms with van der Waals surface area (Å²) >= 11 is 0. The molecule has 4 aliphatic carbocycles. The van der Waals surface area contributed by atoms with Gasteiger partial charge in [0.1, 0.15) is 34.8 Å². The Hall–Kier alpha value is -5.77. The van der Waals surface area contributed by atoms with E-state index >= 15 is 0 Å². The highest BCUT2D eigenvalue weighted by molar-refractivity contribution is 6.08. The van der Waals surface area contributed by atoms with Gasteiger partial charge >= 0.3 is 11.9 Å². The van der Waals surface area contributed by atoms with Gasteiger partial charge in [-0.3, -0.25) is 24.5 Å². The third kappa shape index (κ3) is 10.2. The maximum atomic E-state index is 14.8. The topological polar surface area (TPSA) is 182 Å². The molecule has 4 aromatic rings. The van der Waals surface area contributed by atoms with Crippen molar-refractivity contribution in [1.29, 1.82) is 0 Å². The van der Waals surface area contributed by atoms with E-state index in [9.17, 15) is 28.8 Å². The summed E-state index contributed by atoms with van der Waals surface area (Å²) in [5.74, 6) is -7.69. The Morgan fingerprint density at radius 1 is 0.529 bits per heavy atom. The van der Waals surface area contributed by atoms with Crippen LogP contribution in [0.25, 0.3) is 21.5 Å². The zero-order valence-corrected chi connectivity index (χ0v) is 40.5.